The number of rotatable bonds is 2. The predicted molar refractivity (Wildman–Crippen MR) is 69.8 cm³/mol. The van der Waals surface area contributed by atoms with Crippen molar-refractivity contribution in [2.75, 3.05) is 5.75 Å². The molecule has 2 heterocycles. The minimum absolute atomic E-state index is 0.556. The fraction of sp³-hybridized carbons (Fsp3) is 1.00. The maximum Gasteiger partial charge on any atom is 0.0867 e. The zero-order valence-electron chi connectivity index (χ0n) is 10.7. The van der Waals surface area contributed by atoms with Crippen molar-refractivity contribution in [1.82, 2.24) is 0 Å². The molecule has 3 fully saturated rings. The van der Waals surface area contributed by atoms with E-state index in [0.717, 1.165) is 17.8 Å². The highest BCUT2D eigenvalue weighted by atomic mass is 32.2. The Morgan fingerprint density at radius 1 is 1.25 bits per heavy atom. The van der Waals surface area contributed by atoms with Gasteiger partial charge in [-0.15, -0.1) is 0 Å². The molecule has 0 aromatic heterocycles. The summed E-state index contributed by atoms with van der Waals surface area (Å²) in [6.07, 6.45) is 6.89. The average Bonchev–Trinajstić information content (AvgIpc) is 2.64. The van der Waals surface area contributed by atoms with Gasteiger partial charge in [0.05, 0.1) is 12.2 Å². The van der Waals surface area contributed by atoms with Gasteiger partial charge in [0.1, 0.15) is 0 Å². The van der Waals surface area contributed by atoms with Crippen LogP contribution >= 0.6 is 11.8 Å². The van der Waals surface area contributed by atoms with Gasteiger partial charge in [-0.25, -0.2) is 0 Å². The zero-order valence-corrected chi connectivity index (χ0v) is 11.6. The molecule has 0 amide bonds. The van der Waals surface area contributed by atoms with Crippen LogP contribution in [0.4, 0.5) is 0 Å². The maximum atomic E-state index is 5.69. The second-order valence-electron chi connectivity index (χ2n) is 6.39. The highest BCUT2D eigenvalue weighted by Gasteiger charge is 2.51. The van der Waals surface area contributed by atoms with Crippen molar-refractivity contribution in [3.63, 3.8) is 0 Å². The van der Waals surface area contributed by atoms with Gasteiger partial charge < -0.3 is 4.74 Å². The Kier molecular flexibility index (Phi) is 2.79. The molecule has 0 spiro atoms. The van der Waals surface area contributed by atoms with Gasteiger partial charge in [0.2, 0.25) is 0 Å². The molecule has 0 N–H and O–H groups in total. The Labute approximate surface area is 104 Å². The molecule has 2 saturated heterocycles. The van der Waals surface area contributed by atoms with Gasteiger partial charge in [0, 0.05) is 4.75 Å². The number of epoxide rings is 1. The van der Waals surface area contributed by atoms with Crippen LogP contribution in [0.1, 0.15) is 46.5 Å². The van der Waals surface area contributed by atoms with E-state index in [0.29, 0.717) is 17.0 Å². The van der Waals surface area contributed by atoms with E-state index >= 15 is 0 Å². The third-order valence-corrected chi connectivity index (χ3v) is 6.83. The van der Waals surface area contributed by atoms with Crippen LogP contribution < -0.4 is 0 Å². The average molecular weight is 240 g/mol. The largest absolute Gasteiger partial charge is 0.370 e. The highest BCUT2D eigenvalue weighted by molar-refractivity contribution is 8.00. The Morgan fingerprint density at radius 2 is 2.00 bits per heavy atom. The summed E-state index contributed by atoms with van der Waals surface area (Å²) in [4.78, 5) is 0. The highest BCUT2D eigenvalue weighted by Crippen LogP contribution is 2.55. The topological polar surface area (TPSA) is 12.5 Å². The first-order valence-electron chi connectivity index (χ1n) is 6.89. The van der Waals surface area contributed by atoms with Gasteiger partial charge in [-0.2, -0.15) is 11.8 Å². The van der Waals surface area contributed by atoms with E-state index in [-0.39, 0.29) is 0 Å². The standard InChI is InChI=1S/C14H24OS/c1-9-7-11(13-10(2)15-13)8-12(9)14(3)5-4-6-16-14/h9-13H,4-8H2,1-3H3. The molecule has 1 nitrogen and oxygen atoms in total. The molecule has 0 aromatic carbocycles. The van der Waals surface area contributed by atoms with E-state index in [9.17, 15) is 0 Å². The molecule has 0 aromatic rings. The van der Waals surface area contributed by atoms with Crippen molar-refractivity contribution in [2.24, 2.45) is 17.8 Å². The first-order valence-corrected chi connectivity index (χ1v) is 7.88. The van der Waals surface area contributed by atoms with Gasteiger partial charge in [-0.3, -0.25) is 0 Å². The van der Waals surface area contributed by atoms with Gasteiger partial charge >= 0.3 is 0 Å². The molecule has 0 radical (unpaired) electrons. The SMILES string of the molecule is CC1CC(C2OC2C)CC1C1(C)CCCS1. The van der Waals surface area contributed by atoms with E-state index in [4.69, 9.17) is 4.74 Å². The molecule has 1 saturated carbocycles. The van der Waals surface area contributed by atoms with Gasteiger partial charge in [0.25, 0.3) is 0 Å². The third kappa shape index (κ3) is 1.82. The van der Waals surface area contributed by atoms with Crippen LogP contribution in [0.25, 0.3) is 0 Å². The van der Waals surface area contributed by atoms with Crippen LogP contribution in [0.2, 0.25) is 0 Å². The molecular formula is C14H24OS. The molecule has 92 valence electrons. The number of ether oxygens (including phenoxy) is 1. The molecule has 6 unspecified atom stereocenters. The summed E-state index contributed by atoms with van der Waals surface area (Å²) in [5, 5.41) is 0. The fourth-order valence-corrected chi connectivity index (χ4v) is 5.79. The number of hydrogen-bond acceptors (Lipinski definition) is 2. The molecule has 16 heavy (non-hydrogen) atoms. The van der Waals surface area contributed by atoms with Crippen LogP contribution in [0.15, 0.2) is 0 Å². The summed E-state index contributed by atoms with van der Waals surface area (Å²) >= 11 is 2.24. The second-order valence-corrected chi connectivity index (χ2v) is 8.02. The van der Waals surface area contributed by atoms with Gasteiger partial charge in [-0.1, -0.05) is 13.8 Å². The van der Waals surface area contributed by atoms with Crippen LogP contribution in [0, 0.1) is 17.8 Å². The maximum absolute atomic E-state index is 5.69. The lowest BCUT2D eigenvalue weighted by Crippen LogP contribution is -2.30. The van der Waals surface area contributed by atoms with E-state index < -0.39 is 0 Å². The summed E-state index contributed by atoms with van der Waals surface area (Å²) in [7, 11) is 0. The predicted octanol–water partition coefficient (Wildman–Crippen LogP) is 3.72. The van der Waals surface area contributed by atoms with E-state index in [1.165, 1.54) is 31.4 Å². The van der Waals surface area contributed by atoms with Crippen molar-refractivity contribution >= 4 is 11.8 Å². The Bertz CT molecular complexity index is 272. The Balaban J connectivity index is 1.67. The summed E-state index contributed by atoms with van der Waals surface area (Å²) in [6.45, 7) is 7.22. The summed E-state index contributed by atoms with van der Waals surface area (Å²) in [5.41, 5.74) is 0. The molecule has 6 atom stereocenters. The van der Waals surface area contributed by atoms with Crippen LogP contribution in [-0.2, 0) is 4.74 Å². The van der Waals surface area contributed by atoms with E-state index in [1.54, 1.807) is 0 Å². The Hall–Kier alpha value is 0.310. The summed E-state index contributed by atoms with van der Waals surface area (Å²) in [5.74, 6) is 4.12. The molecule has 2 heteroatoms. The van der Waals surface area contributed by atoms with Crippen molar-refractivity contribution in [3.8, 4) is 0 Å². The van der Waals surface area contributed by atoms with Gasteiger partial charge in [0.15, 0.2) is 0 Å². The van der Waals surface area contributed by atoms with E-state index in [1.807, 2.05) is 0 Å². The molecule has 0 bridgehead atoms. The summed E-state index contributed by atoms with van der Waals surface area (Å²) in [6, 6.07) is 0. The van der Waals surface area contributed by atoms with E-state index in [2.05, 4.69) is 32.5 Å². The van der Waals surface area contributed by atoms with Crippen molar-refractivity contribution in [3.05, 3.63) is 0 Å². The lowest BCUT2D eigenvalue weighted by molar-refractivity contribution is 0.301. The minimum atomic E-state index is 0.556. The Morgan fingerprint density at radius 3 is 2.56 bits per heavy atom. The number of thioether (sulfide) groups is 1. The quantitative estimate of drug-likeness (QED) is 0.682. The first kappa shape index (κ1) is 11.4. The molecule has 1 aliphatic carbocycles. The van der Waals surface area contributed by atoms with Crippen LogP contribution in [0.5, 0.6) is 0 Å². The fourth-order valence-electron chi connectivity index (χ4n) is 4.21. The van der Waals surface area contributed by atoms with Crippen molar-refractivity contribution < 1.29 is 4.74 Å². The molecule has 2 aliphatic heterocycles. The minimum Gasteiger partial charge on any atom is -0.370 e. The smallest absolute Gasteiger partial charge is 0.0867 e. The van der Waals surface area contributed by atoms with Crippen molar-refractivity contribution in [1.29, 1.82) is 0 Å². The lowest BCUT2D eigenvalue weighted by atomic mass is 9.82. The second kappa shape index (κ2) is 3.91. The molecule has 3 aliphatic rings. The van der Waals surface area contributed by atoms with Crippen molar-refractivity contribution in [2.45, 2.75) is 63.4 Å². The zero-order chi connectivity index (χ0) is 11.3. The third-order valence-electron chi connectivity index (χ3n) is 5.17. The molecule has 3 rings (SSSR count). The van der Waals surface area contributed by atoms with Crippen LogP contribution in [0.3, 0.4) is 0 Å². The monoisotopic (exact) mass is 240 g/mol. The van der Waals surface area contributed by atoms with Crippen LogP contribution in [-0.4, -0.2) is 22.7 Å². The number of hydrogen-bond donors (Lipinski definition) is 0. The summed E-state index contributed by atoms with van der Waals surface area (Å²) < 4.78 is 6.28. The normalized spacial score (nSPS) is 56.8. The first-order chi connectivity index (χ1) is 7.60. The molecular weight excluding hydrogens is 216 g/mol. The van der Waals surface area contributed by atoms with Gasteiger partial charge in [-0.05, 0) is 56.1 Å². The lowest BCUT2D eigenvalue weighted by Gasteiger charge is -2.33.